The molecule has 3 N–H and O–H groups in total. The Morgan fingerprint density at radius 1 is 1.50 bits per heavy atom. The number of benzene rings is 1. The lowest BCUT2D eigenvalue weighted by atomic mass is 10.2. The Kier molecular flexibility index (Phi) is 6.75. The number of hydrogen-bond donors (Lipinski definition) is 2. The number of halogens is 1. The molecule has 0 aliphatic rings. The van der Waals surface area contributed by atoms with Crippen LogP contribution in [0.15, 0.2) is 22.7 Å². The van der Waals surface area contributed by atoms with Gasteiger partial charge in [-0.25, -0.2) is 0 Å². The van der Waals surface area contributed by atoms with Crippen LogP contribution in [-0.2, 0) is 4.79 Å². The summed E-state index contributed by atoms with van der Waals surface area (Å²) in [5.41, 5.74) is 6.50. The van der Waals surface area contributed by atoms with Crippen molar-refractivity contribution in [2.45, 2.75) is 19.8 Å². The zero-order chi connectivity index (χ0) is 13.4. The minimum absolute atomic E-state index is 0.00770. The van der Waals surface area contributed by atoms with Crippen LogP contribution in [0.1, 0.15) is 18.4 Å². The third kappa shape index (κ3) is 5.51. The standard InChI is InChI=1S/C13H19BrN2O2/c1-10-3-4-12(11(14)9-10)18-8-5-13(17)16-7-2-6-15/h3-4,9H,2,5-8,15H2,1H3,(H,16,17). The Balaban J connectivity index is 2.26. The van der Waals surface area contributed by atoms with Gasteiger partial charge in [0.1, 0.15) is 5.75 Å². The Labute approximate surface area is 116 Å². The highest BCUT2D eigenvalue weighted by Crippen LogP contribution is 2.25. The van der Waals surface area contributed by atoms with Crippen molar-refractivity contribution in [2.24, 2.45) is 5.73 Å². The molecule has 0 saturated carbocycles. The molecule has 5 heteroatoms. The Morgan fingerprint density at radius 3 is 2.94 bits per heavy atom. The molecule has 1 amide bonds. The van der Waals surface area contributed by atoms with Crippen LogP contribution in [-0.4, -0.2) is 25.6 Å². The molecular formula is C13H19BrN2O2. The minimum Gasteiger partial charge on any atom is -0.492 e. The van der Waals surface area contributed by atoms with Gasteiger partial charge in [-0.3, -0.25) is 4.79 Å². The number of nitrogens with one attached hydrogen (secondary N) is 1. The summed E-state index contributed by atoms with van der Waals surface area (Å²) in [6.07, 6.45) is 1.15. The molecule has 4 nitrogen and oxygen atoms in total. The van der Waals surface area contributed by atoms with E-state index in [0.717, 1.165) is 22.2 Å². The van der Waals surface area contributed by atoms with Gasteiger partial charge in [0.05, 0.1) is 17.5 Å². The van der Waals surface area contributed by atoms with Gasteiger partial charge in [-0.05, 0) is 53.5 Å². The summed E-state index contributed by atoms with van der Waals surface area (Å²) < 4.78 is 6.44. The summed E-state index contributed by atoms with van der Waals surface area (Å²) in [5.74, 6) is 0.752. The van der Waals surface area contributed by atoms with Gasteiger partial charge < -0.3 is 15.8 Å². The quantitative estimate of drug-likeness (QED) is 0.756. The highest BCUT2D eigenvalue weighted by molar-refractivity contribution is 9.10. The maximum atomic E-state index is 11.4. The lowest BCUT2D eigenvalue weighted by Gasteiger charge is -2.09. The van der Waals surface area contributed by atoms with Gasteiger partial charge in [-0.2, -0.15) is 0 Å². The smallest absolute Gasteiger partial charge is 0.223 e. The normalized spacial score (nSPS) is 10.2. The predicted molar refractivity (Wildman–Crippen MR) is 75.7 cm³/mol. The van der Waals surface area contributed by atoms with E-state index in [1.807, 2.05) is 25.1 Å². The fourth-order valence-corrected chi connectivity index (χ4v) is 2.00. The fraction of sp³-hybridized carbons (Fsp3) is 0.462. The SMILES string of the molecule is Cc1ccc(OCCC(=O)NCCCN)c(Br)c1. The molecule has 0 fully saturated rings. The lowest BCUT2D eigenvalue weighted by Crippen LogP contribution is -2.27. The molecule has 0 saturated heterocycles. The van der Waals surface area contributed by atoms with Gasteiger partial charge in [0, 0.05) is 6.54 Å². The molecule has 1 rings (SSSR count). The molecule has 0 aromatic heterocycles. The topological polar surface area (TPSA) is 64.3 Å². The largest absolute Gasteiger partial charge is 0.492 e. The van der Waals surface area contributed by atoms with E-state index in [1.165, 1.54) is 0 Å². The van der Waals surface area contributed by atoms with Gasteiger partial charge in [-0.1, -0.05) is 6.07 Å². The van der Waals surface area contributed by atoms with Crippen LogP contribution >= 0.6 is 15.9 Å². The monoisotopic (exact) mass is 314 g/mol. The Bertz CT molecular complexity index is 397. The molecule has 0 aliphatic heterocycles. The first-order valence-corrected chi connectivity index (χ1v) is 6.78. The zero-order valence-corrected chi connectivity index (χ0v) is 12.1. The molecule has 0 aliphatic carbocycles. The Hall–Kier alpha value is -1.07. The van der Waals surface area contributed by atoms with Crippen molar-refractivity contribution in [3.63, 3.8) is 0 Å². The van der Waals surface area contributed by atoms with Crippen LogP contribution in [0.25, 0.3) is 0 Å². The molecule has 0 bridgehead atoms. The first-order chi connectivity index (χ1) is 8.63. The van der Waals surface area contributed by atoms with E-state index >= 15 is 0 Å². The van der Waals surface area contributed by atoms with E-state index < -0.39 is 0 Å². The molecule has 18 heavy (non-hydrogen) atoms. The highest BCUT2D eigenvalue weighted by Gasteiger charge is 2.04. The van der Waals surface area contributed by atoms with Gasteiger partial charge in [0.15, 0.2) is 0 Å². The molecule has 100 valence electrons. The molecule has 1 aromatic rings. The second-order valence-electron chi connectivity index (χ2n) is 4.02. The highest BCUT2D eigenvalue weighted by atomic mass is 79.9. The van der Waals surface area contributed by atoms with Crippen molar-refractivity contribution in [1.82, 2.24) is 5.32 Å². The fourth-order valence-electron chi connectivity index (χ4n) is 1.39. The third-order valence-corrected chi connectivity index (χ3v) is 3.00. The number of carbonyl (C=O) groups is 1. The number of aryl methyl sites for hydroxylation is 1. The number of amides is 1. The maximum Gasteiger partial charge on any atom is 0.223 e. The van der Waals surface area contributed by atoms with E-state index in [0.29, 0.717) is 26.1 Å². The van der Waals surface area contributed by atoms with Crippen LogP contribution in [0, 0.1) is 6.92 Å². The average molecular weight is 315 g/mol. The van der Waals surface area contributed by atoms with Crippen LogP contribution < -0.4 is 15.8 Å². The summed E-state index contributed by atoms with van der Waals surface area (Å²) in [7, 11) is 0. The first kappa shape index (κ1) is 15.0. The molecule has 0 unspecified atom stereocenters. The predicted octanol–water partition coefficient (Wildman–Crippen LogP) is 1.99. The van der Waals surface area contributed by atoms with E-state index in [1.54, 1.807) is 0 Å². The van der Waals surface area contributed by atoms with Crippen molar-refractivity contribution in [2.75, 3.05) is 19.7 Å². The van der Waals surface area contributed by atoms with E-state index in [-0.39, 0.29) is 5.91 Å². The molecule has 0 heterocycles. The van der Waals surface area contributed by atoms with Gasteiger partial charge in [0.25, 0.3) is 0 Å². The molecule has 0 radical (unpaired) electrons. The number of nitrogens with two attached hydrogens (primary N) is 1. The van der Waals surface area contributed by atoms with E-state index in [4.69, 9.17) is 10.5 Å². The average Bonchev–Trinajstić information content (AvgIpc) is 2.32. The van der Waals surface area contributed by atoms with Crippen LogP contribution in [0.4, 0.5) is 0 Å². The number of ether oxygens (including phenoxy) is 1. The van der Waals surface area contributed by atoms with E-state index in [2.05, 4.69) is 21.2 Å². The van der Waals surface area contributed by atoms with Crippen molar-refractivity contribution >= 4 is 21.8 Å². The molecule has 0 spiro atoms. The van der Waals surface area contributed by atoms with Crippen molar-refractivity contribution in [3.8, 4) is 5.75 Å². The van der Waals surface area contributed by atoms with Gasteiger partial charge >= 0.3 is 0 Å². The third-order valence-electron chi connectivity index (χ3n) is 2.38. The maximum absolute atomic E-state index is 11.4. The molecule has 0 atom stereocenters. The Morgan fingerprint density at radius 2 is 2.28 bits per heavy atom. The van der Waals surface area contributed by atoms with E-state index in [9.17, 15) is 4.79 Å². The molecular weight excluding hydrogens is 296 g/mol. The van der Waals surface area contributed by atoms with Crippen molar-refractivity contribution < 1.29 is 9.53 Å². The van der Waals surface area contributed by atoms with Crippen LogP contribution in [0.2, 0.25) is 0 Å². The number of hydrogen-bond acceptors (Lipinski definition) is 3. The van der Waals surface area contributed by atoms with Gasteiger partial charge in [0.2, 0.25) is 5.91 Å². The minimum atomic E-state index is -0.00770. The summed E-state index contributed by atoms with van der Waals surface area (Å²) in [4.78, 5) is 11.4. The summed E-state index contributed by atoms with van der Waals surface area (Å²) >= 11 is 3.43. The first-order valence-electron chi connectivity index (χ1n) is 5.99. The molecule has 1 aromatic carbocycles. The zero-order valence-electron chi connectivity index (χ0n) is 10.5. The number of rotatable bonds is 7. The summed E-state index contributed by atoms with van der Waals surface area (Å²) in [6, 6.07) is 5.85. The van der Waals surface area contributed by atoms with Crippen LogP contribution in [0.5, 0.6) is 5.75 Å². The van der Waals surface area contributed by atoms with Crippen molar-refractivity contribution in [1.29, 1.82) is 0 Å². The summed E-state index contributed by atoms with van der Waals surface area (Å²) in [6.45, 7) is 3.60. The van der Waals surface area contributed by atoms with Gasteiger partial charge in [-0.15, -0.1) is 0 Å². The number of carbonyl (C=O) groups excluding carboxylic acids is 1. The lowest BCUT2D eigenvalue weighted by molar-refractivity contribution is -0.121. The summed E-state index contributed by atoms with van der Waals surface area (Å²) in [5, 5.41) is 2.78. The second kappa shape index (κ2) is 8.11. The van der Waals surface area contributed by atoms with Crippen LogP contribution in [0.3, 0.4) is 0 Å². The van der Waals surface area contributed by atoms with Crippen molar-refractivity contribution in [3.05, 3.63) is 28.2 Å². The second-order valence-corrected chi connectivity index (χ2v) is 4.88.